The van der Waals surface area contributed by atoms with E-state index in [2.05, 4.69) is 56.5 Å². The van der Waals surface area contributed by atoms with E-state index < -0.39 is 19.0 Å². The Morgan fingerprint density at radius 3 is 1.72 bits per heavy atom. The number of pyridine rings is 2. The monoisotopic (exact) mass is 842 g/mol. The quantitative estimate of drug-likeness (QED) is 0.137. The van der Waals surface area contributed by atoms with Gasteiger partial charge in [0, 0.05) is 47.6 Å². The molecule has 20 heteroatoms. The van der Waals surface area contributed by atoms with E-state index in [1.165, 1.54) is 24.5 Å². The van der Waals surface area contributed by atoms with E-state index in [9.17, 15) is 8.78 Å². The van der Waals surface area contributed by atoms with Crippen LogP contribution in [0.2, 0.25) is 10.3 Å². The maximum Gasteiger partial charge on any atom is 0.498 e. The lowest BCUT2D eigenvalue weighted by Gasteiger charge is -2.32. The van der Waals surface area contributed by atoms with Crippen LogP contribution >= 0.6 is 39.1 Å². The van der Waals surface area contributed by atoms with Gasteiger partial charge in [0.25, 0.3) is 0 Å². The van der Waals surface area contributed by atoms with Crippen molar-refractivity contribution in [2.45, 2.75) is 64.8 Å². The van der Waals surface area contributed by atoms with Crippen molar-refractivity contribution < 1.29 is 18.1 Å². The molecule has 0 amide bonds. The highest BCUT2D eigenvalue weighted by atomic mass is 79.9. The lowest BCUT2D eigenvalue weighted by Crippen LogP contribution is -2.41. The van der Waals surface area contributed by atoms with Crippen molar-refractivity contribution in [1.29, 1.82) is 0 Å². The second-order valence-electron chi connectivity index (χ2n) is 13.1. The number of nitrogens with zero attached hydrogens (tertiary/aromatic N) is 10. The van der Waals surface area contributed by atoms with Crippen LogP contribution in [0, 0.1) is 11.9 Å². The fourth-order valence-electron chi connectivity index (χ4n) is 4.89. The van der Waals surface area contributed by atoms with E-state index in [0.717, 1.165) is 22.2 Å². The highest BCUT2D eigenvalue weighted by Crippen LogP contribution is 2.36. The molecule has 0 aliphatic carbocycles. The van der Waals surface area contributed by atoms with Crippen molar-refractivity contribution in [1.82, 2.24) is 49.9 Å². The SMILES string of the molecule is CC(c1ccc(F)nc1)n1cc(-c2cc(Cl)nnc2N)cn1.CC(c1ccc(F)nc1)n1cc(B2OC(C)(C)C(C)(C)O2)cn1.Nc1nnc(Cl)cc1Br. The van der Waals surface area contributed by atoms with E-state index in [0.29, 0.717) is 21.0 Å². The molecule has 0 spiro atoms. The Bertz CT molecular complexity index is 2180. The van der Waals surface area contributed by atoms with E-state index in [1.807, 2.05) is 53.9 Å². The standard InChI is InChI=1S/C16H21BFN3O2.C14H12ClFN6.C4H3BrClN3/c1-11(12-6-7-14(18)19-8-12)21-10-13(9-20-21)17-22-15(2,3)16(4,5)23-17;1-8(9-2-3-13(16)18-5-9)22-7-10(6-19-22)11-4-12(15)20-21-14(11)17;5-2-1-3(6)8-9-4(2)7/h6-11H,1-5H3;2-8H,1H3,(H2,17,21);1H,(H2,7,9). The summed E-state index contributed by atoms with van der Waals surface area (Å²) in [7, 11) is -0.438. The summed E-state index contributed by atoms with van der Waals surface area (Å²) in [5.41, 5.74) is 14.4. The Morgan fingerprint density at radius 2 is 1.22 bits per heavy atom. The molecule has 4 N–H and O–H groups in total. The number of hydrogen-bond acceptors (Lipinski definition) is 12. The predicted molar refractivity (Wildman–Crippen MR) is 206 cm³/mol. The van der Waals surface area contributed by atoms with Crippen LogP contribution in [-0.2, 0) is 9.31 Å². The Kier molecular flexibility index (Phi) is 12.6. The van der Waals surface area contributed by atoms with Gasteiger partial charge in [-0.15, -0.1) is 20.4 Å². The molecule has 7 heterocycles. The lowest BCUT2D eigenvalue weighted by molar-refractivity contribution is 0.00578. The minimum absolute atomic E-state index is 0.0562. The lowest BCUT2D eigenvalue weighted by atomic mass is 9.82. The van der Waals surface area contributed by atoms with Crippen molar-refractivity contribution in [3.05, 3.63) is 111 Å². The number of hydrogen-bond donors (Lipinski definition) is 2. The highest BCUT2D eigenvalue weighted by Gasteiger charge is 2.52. The van der Waals surface area contributed by atoms with Gasteiger partial charge in [0.05, 0.1) is 34.0 Å². The van der Waals surface area contributed by atoms with Crippen molar-refractivity contribution >= 4 is 63.3 Å². The van der Waals surface area contributed by atoms with Gasteiger partial charge in [0.1, 0.15) is 0 Å². The second-order valence-corrected chi connectivity index (χ2v) is 14.7. The van der Waals surface area contributed by atoms with Crippen LogP contribution in [0.25, 0.3) is 11.1 Å². The molecule has 282 valence electrons. The molecule has 6 aromatic heterocycles. The van der Waals surface area contributed by atoms with Crippen LogP contribution in [0.3, 0.4) is 0 Å². The number of nitrogen functional groups attached to an aromatic ring is 2. The van der Waals surface area contributed by atoms with Crippen molar-refractivity contribution in [3.63, 3.8) is 0 Å². The van der Waals surface area contributed by atoms with Gasteiger partial charge in [-0.3, -0.25) is 9.36 Å². The van der Waals surface area contributed by atoms with Gasteiger partial charge < -0.3 is 20.8 Å². The Hall–Kier alpha value is -4.62. The normalized spacial score (nSPS) is 15.4. The van der Waals surface area contributed by atoms with Gasteiger partial charge in [-0.2, -0.15) is 19.0 Å². The number of nitrogens with two attached hydrogens (primary N) is 2. The molecule has 0 bridgehead atoms. The minimum atomic E-state index is -0.512. The van der Waals surface area contributed by atoms with E-state index in [4.69, 9.17) is 44.0 Å². The van der Waals surface area contributed by atoms with Gasteiger partial charge in [0.2, 0.25) is 11.9 Å². The predicted octanol–water partition coefficient (Wildman–Crippen LogP) is 6.52. The number of rotatable bonds is 6. The van der Waals surface area contributed by atoms with Crippen LogP contribution in [-0.4, -0.2) is 68.2 Å². The molecule has 7 rings (SSSR count). The Balaban J connectivity index is 0.000000170. The molecule has 2 unspecified atom stereocenters. The van der Waals surface area contributed by atoms with Gasteiger partial charge in [0.15, 0.2) is 21.9 Å². The van der Waals surface area contributed by atoms with Crippen LogP contribution in [0.1, 0.15) is 64.8 Å². The van der Waals surface area contributed by atoms with Crippen LogP contribution in [0.5, 0.6) is 0 Å². The zero-order valence-corrected chi connectivity index (χ0v) is 33.1. The van der Waals surface area contributed by atoms with Gasteiger partial charge in [-0.05, 0) is 92.9 Å². The third kappa shape index (κ3) is 9.73. The van der Waals surface area contributed by atoms with Crippen LogP contribution in [0.4, 0.5) is 20.4 Å². The molecule has 1 saturated heterocycles. The zero-order chi connectivity index (χ0) is 39.4. The summed E-state index contributed by atoms with van der Waals surface area (Å²) in [6, 6.07) is 9.12. The summed E-state index contributed by atoms with van der Waals surface area (Å²) in [6.45, 7) is 12.0. The fourth-order valence-corrected chi connectivity index (χ4v) is 5.62. The maximum absolute atomic E-state index is 12.9. The van der Waals surface area contributed by atoms with Crippen LogP contribution < -0.4 is 16.9 Å². The average Bonchev–Trinajstić information content (AvgIpc) is 3.87. The number of anilines is 2. The second kappa shape index (κ2) is 16.8. The fraction of sp³-hybridized carbons (Fsp3) is 0.294. The van der Waals surface area contributed by atoms with Gasteiger partial charge >= 0.3 is 7.12 Å². The first-order chi connectivity index (χ1) is 25.4. The average molecular weight is 844 g/mol. The molecule has 1 fully saturated rings. The molecule has 0 radical (unpaired) electrons. The topological polar surface area (TPSA) is 183 Å². The summed E-state index contributed by atoms with van der Waals surface area (Å²) in [5.74, 6) is -0.374. The Morgan fingerprint density at radius 1 is 0.722 bits per heavy atom. The minimum Gasteiger partial charge on any atom is -0.399 e. The largest absolute Gasteiger partial charge is 0.498 e. The molecule has 1 aliphatic heterocycles. The van der Waals surface area contributed by atoms with Crippen molar-refractivity contribution in [3.8, 4) is 11.1 Å². The smallest absolute Gasteiger partial charge is 0.399 e. The summed E-state index contributed by atoms with van der Waals surface area (Å²) < 4.78 is 42.1. The summed E-state index contributed by atoms with van der Waals surface area (Å²) in [5, 5.41) is 23.8. The third-order valence-electron chi connectivity index (χ3n) is 8.85. The molecule has 54 heavy (non-hydrogen) atoms. The number of halogens is 5. The summed E-state index contributed by atoms with van der Waals surface area (Å²) in [6.07, 6.45) is 10.1. The van der Waals surface area contributed by atoms with Crippen LogP contribution in [0.15, 0.2) is 78.1 Å². The first kappa shape index (κ1) is 40.6. The van der Waals surface area contributed by atoms with Crippen molar-refractivity contribution in [2.75, 3.05) is 11.5 Å². The van der Waals surface area contributed by atoms with E-state index in [1.54, 1.807) is 46.0 Å². The summed E-state index contributed by atoms with van der Waals surface area (Å²) >= 11 is 14.4. The Labute approximate surface area is 328 Å². The first-order valence-electron chi connectivity index (χ1n) is 16.3. The molecule has 1 aliphatic rings. The maximum atomic E-state index is 12.9. The van der Waals surface area contributed by atoms with E-state index >= 15 is 0 Å². The first-order valence-corrected chi connectivity index (χ1v) is 17.9. The highest BCUT2D eigenvalue weighted by molar-refractivity contribution is 9.10. The third-order valence-corrected chi connectivity index (χ3v) is 9.86. The molecule has 0 aromatic carbocycles. The molecular formula is C34H36BBrCl2F2N12O2. The van der Waals surface area contributed by atoms with Gasteiger partial charge in [-0.25, -0.2) is 9.97 Å². The molecule has 14 nitrogen and oxygen atoms in total. The van der Waals surface area contributed by atoms with Crippen molar-refractivity contribution in [2.24, 2.45) is 0 Å². The molecule has 0 saturated carbocycles. The molecule has 2 atom stereocenters. The molecule has 6 aromatic rings. The van der Waals surface area contributed by atoms with Gasteiger partial charge in [-0.1, -0.05) is 35.3 Å². The molecular weight excluding hydrogens is 808 g/mol. The summed E-state index contributed by atoms with van der Waals surface area (Å²) in [4.78, 5) is 7.34. The number of aromatic nitrogens is 10. The zero-order valence-electron chi connectivity index (χ0n) is 30.0. The van der Waals surface area contributed by atoms with E-state index in [-0.39, 0.29) is 34.3 Å².